The number of aliphatic hydroxyl groups is 1. The van der Waals surface area contributed by atoms with Crippen molar-refractivity contribution in [2.45, 2.75) is 12.0 Å². The maximum Gasteiger partial charge on any atom is 0.165 e. The second-order valence-electron chi connectivity index (χ2n) is 4.13. The monoisotopic (exact) mass is 234 g/mol. The van der Waals surface area contributed by atoms with Crippen molar-refractivity contribution in [1.82, 2.24) is 4.98 Å². The number of nitriles is 1. The molecule has 0 aliphatic carbocycles. The Bertz CT molecular complexity index is 449. The fourth-order valence-electron chi connectivity index (χ4n) is 1.65. The first-order valence-electron chi connectivity index (χ1n) is 5.34. The van der Waals surface area contributed by atoms with E-state index in [2.05, 4.69) is 10.3 Å². The van der Waals surface area contributed by atoms with E-state index in [4.69, 9.17) is 15.7 Å². The molecular weight excluding hydrogens is 220 g/mol. The summed E-state index contributed by atoms with van der Waals surface area (Å²) in [5.74, 6) is 0.524. The van der Waals surface area contributed by atoms with Gasteiger partial charge in [-0.2, -0.15) is 5.26 Å². The van der Waals surface area contributed by atoms with E-state index < -0.39 is 5.60 Å². The number of nitrogen functional groups attached to an aromatic ring is 1. The minimum atomic E-state index is -0.851. The summed E-state index contributed by atoms with van der Waals surface area (Å²) in [6.45, 7) is 1.23. The Balaban J connectivity index is 2.02. The number of aromatic nitrogens is 1. The molecule has 1 atom stereocenters. The summed E-state index contributed by atoms with van der Waals surface area (Å²) in [6.07, 6.45) is 0.597. The smallest absolute Gasteiger partial charge is 0.165 e. The third-order valence-corrected chi connectivity index (χ3v) is 2.71. The highest BCUT2D eigenvalue weighted by molar-refractivity contribution is 5.54. The van der Waals surface area contributed by atoms with Gasteiger partial charge in [0.05, 0.1) is 12.3 Å². The molecule has 17 heavy (non-hydrogen) atoms. The molecule has 1 unspecified atom stereocenters. The van der Waals surface area contributed by atoms with Crippen LogP contribution in [0.3, 0.4) is 0 Å². The summed E-state index contributed by atoms with van der Waals surface area (Å²) in [6, 6.07) is 5.20. The van der Waals surface area contributed by atoms with Crippen LogP contribution in [-0.4, -0.2) is 35.5 Å². The Morgan fingerprint density at radius 1 is 1.65 bits per heavy atom. The molecule has 1 aromatic heterocycles. The third kappa shape index (κ3) is 2.64. The average molecular weight is 234 g/mol. The van der Waals surface area contributed by atoms with E-state index in [1.54, 1.807) is 12.1 Å². The van der Waals surface area contributed by atoms with Crippen molar-refractivity contribution in [3.8, 4) is 6.07 Å². The summed E-state index contributed by atoms with van der Waals surface area (Å²) in [4.78, 5) is 4.03. The van der Waals surface area contributed by atoms with Crippen LogP contribution in [-0.2, 0) is 4.74 Å². The van der Waals surface area contributed by atoms with Gasteiger partial charge in [0.2, 0.25) is 0 Å². The topological polar surface area (TPSA) is 104 Å². The molecule has 1 fully saturated rings. The van der Waals surface area contributed by atoms with Gasteiger partial charge in [0.15, 0.2) is 5.69 Å². The van der Waals surface area contributed by atoms with Crippen LogP contribution in [0.2, 0.25) is 0 Å². The first-order valence-corrected chi connectivity index (χ1v) is 5.34. The number of nitrogens with two attached hydrogens (primary N) is 1. The number of nitrogens with zero attached hydrogens (tertiary/aromatic N) is 2. The van der Waals surface area contributed by atoms with Crippen LogP contribution in [0.4, 0.5) is 11.5 Å². The lowest BCUT2D eigenvalue weighted by molar-refractivity contribution is 0.0381. The van der Waals surface area contributed by atoms with E-state index in [1.165, 1.54) is 0 Å². The molecule has 6 heteroatoms. The summed E-state index contributed by atoms with van der Waals surface area (Å²) in [5, 5.41) is 21.8. The quantitative estimate of drug-likeness (QED) is 0.685. The second-order valence-corrected chi connectivity index (χ2v) is 4.13. The fraction of sp³-hybridized carbons (Fsp3) is 0.455. The molecule has 90 valence electrons. The molecule has 2 heterocycles. The van der Waals surface area contributed by atoms with Crippen LogP contribution in [0.1, 0.15) is 12.1 Å². The molecule has 4 N–H and O–H groups in total. The van der Waals surface area contributed by atoms with Gasteiger partial charge in [0, 0.05) is 19.6 Å². The number of hydrogen-bond donors (Lipinski definition) is 3. The minimum absolute atomic E-state index is 0.185. The van der Waals surface area contributed by atoms with Crippen molar-refractivity contribution in [2.24, 2.45) is 0 Å². The second kappa shape index (κ2) is 4.57. The van der Waals surface area contributed by atoms with E-state index in [1.807, 2.05) is 6.07 Å². The van der Waals surface area contributed by atoms with Crippen molar-refractivity contribution in [1.29, 1.82) is 5.26 Å². The zero-order valence-electron chi connectivity index (χ0n) is 9.31. The van der Waals surface area contributed by atoms with Gasteiger partial charge in [0.25, 0.3) is 0 Å². The maximum absolute atomic E-state index is 10.0. The van der Waals surface area contributed by atoms with E-state index >= 15 is 0 Å². The van der Waals surface area contributed by atoms with E-state index in [9.17, 15) is 5.11 Å². The maximum atomic E-state index is 10.0. The molecule has 0 spiro atoms. The third-order valence-electron chi connectivity index (χ3n) is 2.71. The summed E-state index contributed by atoms with van der Waals surface area (Å²) in [7, 11) is 0. The molecule has 0 amide bonds. The highest BCUT2D eigenvalue weighted by Crippen LogP contribution is 2.19. The lowest BCUT2D eigenvalue weighted by Gasteiger charge is -2.21. The SMILES string of the molecule is N#Cc1nc(NCC2(O)CCOC2)ccc1N. The number of rotatable bonds is 3. The van der Waals surface area contributed by atoms with Crippen molar-refractivity contribution in [3.63, 3.8) is 0 Å². The Kier molecular flexibility index (Phi) is 3.13. The van der Waals surface area contributed by atoms with Gasteiger partial charge in [-0.1, -0.05) is 0 Å². The zero-order chi connectivity index (χ0) is 12.3. The predicted octanol–water partition coefficient (Wildman–Crippen LogP) is 0.0988. The minimum Gasteiger partial charge on any atom is -0.396 e. The number of nitrogens with one attached hydrogen (secondary N) is 1. The molecule has 1 aliphatic rings. The van der Waals surface area contributed by atoms with Gasteiger partial charge in [-0.15, -0.1) is 0 Å². The van der Waals surface area contributed by atoms with Gasteiger partial charge >= 0.3 is 0 Å². The number of ether oxygens (including phenoxy) is 1. The van der Waals surface area contributed by atoms with Crippen LogP contribution in [0.25, 0.3) is 0 Å². The van der Waals surface area contributed by atoms with E-state index in [-0.39, 0.29) is 5.69 Å². The lowest BCUT2D eigenvalue weighted by Crippen LogP contribution is -2.37. The van der Waals surface area contributed by atoms with Gasteiger partial charge in [0.1, 0.15) is 17.5 Å². The molecule has 2 rings (SSSR count). The summed E-state index contributed by atoms with van der Waals surface area (Å²) < 4.78 is 5.13. The van der Waals surface area contributed by atoms with Crippen molar-refractivity contribution in [3.05, 3.63) is 17.8 Å². The zero-order valence-corrected chi connectivity index (χ0v) is 9.31. The largest absolute Gasteiger partial charge is 0.396 e. The van der Waals surface area contributed by atoms with Crippen LogP contribution < -0.4 is 11.1 Å². The molecule has 0 saturated carbocycles. The molecule has 1 aromatic rings. The molecular formula is C11H14N4O2. The first-order chi connectivity index (χ1) is 8.13. The molecule has 1 aliphatic heterocycles. The standard InChI is InChI=1S/C11H14N4O2/c12-5-9-8(13)1-2-10(15-9)14-6-11(16)3-4-17-7-11/h1-2,16H,3-4,6-7,13H2,(H,14,15). The summed E-state index contributed by atoms with van der Waals surface area (Å²) >= 11 is 0. The Morgan fingerprint density at radius 3 is 3.12 bits per heavy atom. The lowest BCUT2D eigenvalue weighted by atomic mass is 10.0. The predicted molar refractivity (Wildman–Crippen MR) is 62.2 cm³/mol. The van der Waals surface area contributed by atoms with Gasteiger partial charge in [-0.05, 0) is 12.1 Å². The van der Waals surface area contributed by atoms with Crippen LogP contribution >= 0.6 is 0 Å². The van der Waals surface area contributed by atoms with E-state index in [0.29, 0.717) is 37.7 Å². The highest BCUT2D eigenvalue weighted by Gasteiger charge is 2.31. The Morgan fingerprint density at radius 2 is 2.47 bits per heavy atom. The molecule has 1 saturated heterocycles. The normalized spacial score (nSPS) is 23.3. The van der Waals surface area contributed by atoms with Crippen molar-refractivity contribution in [2.75, 3.05) is 30.8 Å². The number of anilines is 2. The van der Waals surface area contributed by atoms with Gasteiger partial charge in [-0.25, -0.2) is 4.98 Å². The van der Waals surface area contributed by atoms with Crippen LogP contribution in [0, 0.1) is 11.3 Å². The fourth-order valence-corrected chi connectivity index (χ4v) is 1.65. The highest BCUT2D eigenvalue weighted by atomic mass is 16.5. The molecule has 0 aromatic carbocycles. The van der Waals surface area contributed by atoms with Crippen LogP contribution in [0.15, 0.2) is 12.1 Å². The van der Waals surface area contributed by atoms with Gasteiger partial charge in [-0.3, -0.25) is 0 Å². The van der Waals surface area contributed by atoms with E-state index in [0.717, 1.165) is 0 Å². The number of pyridine rings is 1. The molecule has 0 bridgehead atoms. The first kappa shape index (κ1) is 11.6. The molecule has 0 radical (unpaired) electrons. The Labute approximate surface area is 99.0 Å². The Hall–Kier alpha value is -1.84. The molecule has 6 nitrogen and oxygen atoms in total. The summed E-state index contributed by atoms with van der Waals surface area (Å²) in [5.41, 5.74) is 5.24. The van der Waals surface area contributed by atoms with Gasteiger partial charge < -0.3 is 20.9 Å². The van der Waals surface area contributed by atoms with Crippen molar-refractivity contribution >= 4 is 11.5 Å². The van der Waals surface area contributed by atoms with Crippen LogP contribution in [0.5, 0.6) is 0 Å². The number of hydrogen-bond acceptors (Lipinski definition) is 6. The average Bonchev–Trinajstić information content (AvgIpc) is 2.76. The van der Waals surface area contributed by atoms with Crippen molar-refractivity contribution < 1.29 is 9.84 Å².